The lowest BCUT2D eigenvalue weighted by molar-refractivity contribution is -0.384. The number of rotatable bonds is 5. The first-order chi connectivity index (χ1) is 7.63. The molecule has 0 aromatic heterocycles. The Morgan fingerprint density at radius 1 is 1.44 bits per heavy atom. The number of hydrogen-bond acceptors (Lipinski definition) is 4. The van der Waals surface area contributed by atoms with Gasteiger partial charge < -0.3 is 0 Å². The van der Waals surface area contributed by atoms with Crippen molar-refractivity contribution in [2.45, 2.75) is 6.42 Å². The summed E-state index contributed by atoms with van der Waals surface area (Å²) in [4.78, 5) is 11.9. The molecule has 0 amide bonds. The van der Waals surface area contributed by atoms with Crippen LogP contribution in [0.1, 0.15) is 5.56 Å². The fourth-order valence-corrected chi connectivity index (χ4v) is 1.30. The number of nitro benzene ring substituents is 1. The Morgan fingerprint density at radius 2 is 2.06 bits per heavy atom. The molecule has 0 saturated heterocycles. The Balaban J connectivity index is 2.50. The van der Waals surface area contributed by atoms with Gasteiger partial charge in [0.15, 0.2) is 0 Å². The number of benzene rings is 1. The van der Waals surface area contributed by atoms with E-state index >= 15 is 0 Å². The van der Waals surface area contributed by atoms with Crippen LogP contribution < -0.4 is 0 Å². The lowest BCUT2D eigenvalue weighted by Gasteiger charge is -2.11. The SMILES string of the molecule is CN(CC#N)CCc1ccc([N+](=O)[O-])cc1. The van der Waals surface area contributed by atoms with E-state index in [-0.39, 0.29) is 5.69 Å². The Bertz CT molecular complexity index is 395. The van der Waals surface area contributed by atoms with Gasteiger partial charge in [0.2, 0.25) is 0 Å². The van der Waals surface area contributed by atoms with Crippen molar-refractivity contribution < 1.29 is 4.92 Å². The molecule has 1 rings (SSSR count). The smallest absolute Gasteiger partial charge is 0.269 e. The highest BCUT2D eigenvalue weighted by Gasteiger charge is 2.04. The van der Waals surface area contributed by atoms with Crippen molar-refractivity contribution in [1.29, 1.82) is 5.26 Å². The lowest BCUT2D eigenvalue weighted by Crippen LogP contribution is -2.21. The Kier molecular flexibility index (Phi) is 4.42. The van der Waals surface area contributed by atoms with Crippen LogP contribution in [0.5, 0.6) is 0 Å². The number of nitriles is 1. The summed E-state index contributed by atoms with van der Waals surface area (Å²) < 4.78 is 0. The summed E-state index contributed by atoms with van der Waals surface area (Å²) in [6.45, 7) is 1.17. The van der Waals surface area contributed by atoms with Crippen molar-refractivity contribution in [3.63, 3.8) is 0 Å². The molecular formula is C11H13N3O2. The average Bonchev–Trinajstić information content (AvgIpc) is 2.27. The van der Waals surface area contributed by atoms with E-state index in [1.165, 1.54) is 12.1 Å². The monoisotopic (exact) mass is 219 g/mol. The standard InChI is InChI=1S/C11H13N3O2/c1-13(9-7-12)8-6-10-2-4-11(5-3-10)14(15)16/h2-5H,6,8-9H2,1H3. The van der Waals surface area contributed by atoms with Gasteiger partial charge in [-0.3, -0.25) is 15.0 Å². The van der Waals surface area contributed by atoms with Crippen LogP contribution in [0.15, 0.2) is 24.3 Å². The van der Waals surface area contributed by atoms with E-state index in [1.54, 1.807) is 12.1 Å². The highest BCUT2D eigenvalue weighted by atomic mass is 16.6. The van der Waals surface area contributed by atoms with Gasteiger partial charge in [-0.15, -0.1) is 0 Å². The van der Waals surface area contributed by atoms with Crippen molar-refractivity contribution in [2.24, 2.45) is 0 Å². The number of nitro groups is 1. The van der Waals surface area contributed by atoms with Crippen LogP contribution in [0, 0.1) is 21.4 Å². The molecule has 1 aromatic rings. The van der Waals surface area contributed by atoms with Crippen molar-refractivity contribution in [3.8, 4) is 6.07 Å². The van der Waals surface area contributed by atoms with Crippen molar-refractivity contribution in [2.75, 3.05) is 20.1 Å². The largest absolute Gasteiger partial charge is 0.293 e. The maximum Gasteiger partial charge on any atom is 0.269 e. The second kappa shape index (κ2) is 5.83. The van der Waals surface area contributed by atoms with Gasteiger partial charge in [0, 0.05) is 18.7 Å². The van der Waals surface area contributed by atoms with Gasteiger partial charge in [0.25, 0.3) is 5.69 Å². The van der Waals surface area contributed by atoms with Gasteiger partial charge in [-0.25, -0.2) is 0 Å². The van der Waals surface area contributed by atoms with Crippen molar-refractivity contribution in [3.05, 3.63) is 39.9 Å². The highest BCUT2D eigenvalue weighted by molar-refractivity contribution is 5.32. The normalized spacial score (nSPS) is 10.1. The van der Waals surface area contributed by atoms with Crippen LogP contribution in [-0.4, -0.2) is 30.0 Å². The molecule has 0 heterocycles. The molecule has 1 aromatic carbocycles. The molecule has 0 aliphatic carbocycles. The van der Waals surface area contributed by atoms with Crippen LogP contribution >= 0.6 is 0 Å². The molecule has 0 aliphatic rings. The van der Waals surface area contributed by atoms with E-state index in [2.05, 4.69) is 6.07 Å². The molecule has 0 bridgehead atoms. The summed E-state index contributed by atoms with van der Waals surface area (Å²) in [5.41, 5.74) is 1.14. The first kappa shape index (κ1) is 12.1. The Morgan fingerprint density at radius 3 is 2.56 bits per heavy atom. The second-order valence-electron chi connectivity index (χ2n) is 3.57. The quantitative estimate of drug-likeness (QED) is 0.428. The topological polar surface area (TPSA) is 70.2 Å². The van der Waals surface area contributed by atoms with E-state index in [4.69, 9.17) is 5.26 Å². The van der Waals surface area contributed by atoms with Gasteiger partial charge in [-0.2, -0.15) is 5.26 Å². The minimum Gasteiger partial charge on any atom is -0.293 e. The fraction of sp³-hybridized carbons (Fsp3) is 0.364. The van der Waals surface area contributed by atoms with Gasteiger partial charge in [0.1, 0.15) is 0 Å². The van der Waals surface area contributed by atoms with Crippen molar-refractivity contribution in [1.82, 2.24) is 4.90 Å². The number of non-ortho nitro benzene ring substituents is 1. The third kappa shape index (κ3) is 3.67. The van der Waals surface area contributed by atoms with Crippen LogP contribution in [0.2, 0.25) is 0 Å². The van der Waals surface area contributed by atoms with Gasteiger partial charge in [0.05, 0.1) is 17.5 Å². The van der Waals surface area contributed by atoms with Crippen LogP contribution in [0.25, 0.3) is 0 Å². The predicted octanol–water partition coefficient (Wildman–Crippen LogP) is 1.59. The minimum atomic E-state index is -0.411. The summed E-state index contributed by atoms with van der Waals surface area (Å²) in [5, 5.41) is 18.9. The Hall–Kier alpha value is -1.93. The molecule has 0 aliphatic heterocycles. The molecule has 0 atom stereocenters. The third-order valence-electron chi connectivity index (χ3n) is 2.27. The zero-order valence-corrected chi connectivity index (χ0v) is 9.09. The minimum absolute atomic E-state index is 0.106. The van der Waals surface area contributed by atoms with E-state index in [9.17, 15) is 10.1 Å². The highest BCUT2D eigenvalue weighted by Crippen LogP contribution is 2.12. The fourth-order valence-electron chi connectivity index (χ4n) is 1.30. The van der Waals surface area contributed by atoms with Crippen LogP contribution in [-0.2, 0) is 6.42 Å². The lowest BCUT2D eigenvalue weighted by atomic mass is 10.1. The van der Waals surface area contributed by atoms with E-state index in [0.717, 1.165) is 18.5 Å². The zero-order valence-electron chi connectivity index (χ0n) is 9.09. The molecule has 0 fully saturated rings. The summed E-state index contributed by atoms with van der Waals surface area (Å²) >= 11 is 0. The summed E-state index contributed by atoms with van der Waals surface area (Å²) in [6.07, 6.45) is 0.788. The molecule has 16 heavy (non-hydrogen) atoms. The molecule has 0 spiro atoms. The first-order valence-corrected chi connectivity index (χ1v) is 4.92. The zero-order chi connectivity index (χ0) is 12.0. The summed E-state index contributed by atoms with van der Waals surface area (Å²) in [6, 6.07) is 8.56. The molecular weight excluding hydrogens is 206 g/mol. The van der Waals surface area contributed by atoms with Gasteiger partial charge >= 0.3 is 0 Å². The van der Waals surface area contributed by atoms with Gasteiger partial charge in [-0.05, 0) is 19.0 Å². The predicted molar refractivity (Wildman–Crippen MR) is 59.9 cm³/mol. The average molecular weight is 219 g/mol. The molecule has 0 radical (unpaired) electrons. The maximum atomic E-state index is 10.4. The first-order valence-electron chi connectivity index (χ1n) is 4.92. The van der Waals surface area contributed by atoms with Gasteiger partial charge in [-0.1, -0.05) is 12.1 Å². The molecule has 0 unspecified atom stereocenters. The van der Waals surface area contributed by atoms with E-state index < -0.39 is 4.92 Å². The summed E-state index contributed by atoms with van der Waals surface area (Å²) in [7, 11) is 1.87. The van der Waals surface area contributed by atoms with E-state index in [0.29, 0.717) is 6.54 Å². The molecule has 5 heteroatoms. The summed E-state index contributed by atoms with van der Waals surface area (Å²) in [5.74, 6) is 0. The molecule has 0 saturated carbocycles. The molecule has 5 nitrogen and oxygen atoms in total. The molecule has 84 valence electrons. The Labute approximate surface area is 94.1 Å². The van der Waals surface area contributed by atoms with E-state index in [1.807, 2.05) is 11.9 Å². The number of hydrogen-bond donors (Lipinski definition) is 0. The van der Waals surface area contributed by atoms with Crippen LogP contribution in [0.3, 0.4) is 0 Å². The third-order valence-corrected chi connectivity index (χ3v) is 2.27. The van der Waals surface area contributed by atoms with Crippen LogP contribution in [0.4, 0.5) is 5.69 Å². The molecule has 0 N–H and O–H groups in total. The second-order valence-corrected chi connectivity index (χ2v) is 3.57. The van der Waals surface area contributed by atoms with Crippen molar-refractivity contribution >= 4 is 5.69 Å². The maximum absolute atomic E-state index is 10.4. The number of likely N-dealkylation sites (N-methyl/N-ethyl adjacent to an activating group) is 1. The number of nitrogens with zero attached hydrogens (tertiary/aromatic N) is 3.